The van der Waals surface area contributed by atoms with Crippen molar-refractivity contribution in [2.45, 2.75) is 104 Å². The third-order valence-electron chi connectivity index (χ3n) is 8.13. The van der Waals surface area contributed by atoms with Crippen molar-refractivity contribution in [1.82, 2.24) is 0 Å². The number of benzene rings is 2. The topological polar surface area (TPSA) is 82.6 Å². The first-order valence-electron chi connectivity index (χ1n) is 15.3. The Balaban J connectivity index is 1.93. The number of nitriles is 2. The summed E-state index contributed by atoms with van der Waals surface area (Å²) in [7, 11) is 0. The van der Waals surface area contributed by atoms with E-state index in [4.69, 9.17) is 22.0 Å². The number of unbranched alkanes of at least 4 members (excludes halogenated alkanes) is 10. The standard InChI is InChI=1S/C36H38N4O2/c1-5-7-9-11-13-15-17-26-29-20-34-31(22-35(42-34)36(39-3)40-4)27(18-16-14-12-10-8-6-2)28(29)19-33-30(26)21-32(41-33)25(23-37)24-38/h19-22H,5-18H2,1-2H3. The maximum Gasteiger partial charge on any atom is 0.562 e. The summed E-state index contributed by atoms with van der Waals surface area (Å²) in [5.74, 6) is -0.0671. The first-order valence-corrected chi connectivity index (χ1v) is 15.3. The Bertz CT molecular complexity index is 1690. The van der Waals surface area contributed by atoms with Crippen LogP contribution in [-0.4, -0.2) is 0 Å². The first-order chi connectivity index (χ1) is 20.6. The molecule has 0 saturated heterocycles. The lowest BCUT2D eigenvalue weighted by molar-refractivity contribution is 0.576. The number of nitrogens with zero attached hydrogens (tertiary/aromatic N) is 4. The van der Waals surface area contributed by atoms with Crippen LogP contribution in [0.1, 0.15) is 102 Å². The van der Waals surface area contributed by atoms with Crippen LogP contribution in [0.4, 0.5) is 0 Å². The van der Waals surface area contributed by atoms with Crippen molar-refractivity contribution in [3.05, 3.63) is 69.1 Å². The molecular weight excluding hydrogens is 520 g/mol. The summed E-state index contributed by atoms with van der Waals surface area (Å²) >= 11 is 0. The third-order valence-corrected chi connectivity index (χ3v) is 8.13. The molecular formula is C36H38N4O2. The van der Waals surface area contributed by atoms with Crippen LogP contribution in [0.2, 0.25) is 0 Å². The molecule has 0 radical (unpaired) electrons. The van der Waals surface area contributed by atoms with Crippen LogP contribution in [0.5, 0.6) is 0 Å². The number of fused-ring (bicyclic) bond motifs is 3. The fraction of sp³-hybridized carbons (Fsp3) is 0.444. The van der Waals surface area contributed by atoms with E-state index in [1.807, 2.05) is 36.4 Å². The molecule has 2 aromatic carbocycles. The van der Waals surface area contributed by atoms with Gasteiger partial charge < -0.3 is 8.83 Å². The molecule has 4 aromatic rings. The molecule has 0 unspecified atom stereocenters. The van der Waals surface area contributed by atoms with Gasteiger partial charge in [0.1, 0.15) is 36.4 Å². The molecule has 0 bridgehead atoms. The number of hydrogen-bond acceptors (Lipinski definition) is 4. The highest BCUT2D eigenvalue weighted by Gasteiger charge is 2.20. The summed E-state index contributed by atoms with van der Waals surface area (Å²) in [6.07, 6.45) is 15.8. The van der Waals surface area contributed by atoms with Crippen molar-refractivity contribution in [3.63, 3.8) is 0 Å². The highest BCUT2D eigenvalue weighted by atomic mass is 16.3. The van der Waals surface area contributed by atoms with E-state index in [0.29, 0.717) is 22.0 Å². The summed E-state index contributed by atoms with van der Waals surface area (Å²) < 4.78 is 12.3. The minimum Gasteiger partial charge on any atom is -0.460 e. The molecule has 4 rings (SSSR count). The Labute approximate surface area is 248 Å². The van der Waals surface area contributed by atoms with Crippen molar-refractivity contribution in [2.75, 3.05) is 0 Å². The molecule has 2 heterocycles. The zero-order valence-corrected chi connectivity index (χ0v) is 24.8. The zero-order chi connectivity index (χ0) is 29.9. The lowest BCUT2D eigenvalue weighted by atomic mass is 9.90. The summed E-state index contributed by atoms with van der Waals surface area (Å²) in [4.78, 5) is 6.78. The summed E-state index contributed by atoms with van der Waals surface area (Å²) in [6, 6.07) is 11.7. The van der Waals surface area contributed by atoms with Crippen LogP contribution in [-0.2, 0) is 12.8 Å². The molecule has 0 amide bonds. The fourth-order valence-electron chi connectivity index (χ4n) is 5.91. The van der Waals surface area contributed by atoms with Gasteiger partial charge in [-0.05, 0) is 71.8 Å². The van der Waals surface area contributed by atoms with Crippen LogP contribution in [0.3, 0.4) is 0 Å². The van der Waals surface area contributed by atoms with E-state index in [1.54, 1.807) is 0 Å². The Morgan fingerprint density at radius 1 is 0.619 bits per heavy atom. The maximum absolute atomic E-state index is 9.51. The van der Waals surface area contributed by atoms with Gasteiger partial charge >= 0.3 is 5.82 Å². The van der Waals surface area contributed by atoms with E-state index in [0.717, 1.165) is 71.2 Å². The highest BCUT2D eigenvalue weighted by Crippen LogP contribution is 2.37. The average Bonchev–Trinajstić information content (AvgIpc) is 3.62. The van der Waals surface area contributed by atoms with Gasteiger partial charge in [-0.3, -0.25) is 0 Å². The Kier molecular flexibility index (Phi) is 10.8. The molecule has 0 aliphatic carbocycles. The predicted octanol–water partition coefficient (Wildman–Crippen LogP) is 9.24. The van der Waals surface area contributed by atoms with Gasteiger partial charge in [-0.1, -0.05) is 78.1 Å². The molecule has 0 aliphatic heterocycles. The molecule has 42 heavy (non-hydrogen) atoms. The van der Waals surface area contributed by atoms with E-state index >= 15 is 0 Å². The fourth-order valence-corrected chi connectivity index (χ4v) is 5.91. The van der Waals surface area contributed by atoms with Gasteiger partial charge in [0.25, 0.3) is 0 Å². The van der Waals surface area contributed by atoms with Gasteiger partial charge in [0.05, 0.1) is 0 Å². The molecule has 6 heteroatoms. The molecule has 6 nitrogen and oxygen atoms in total. The van der Waals surface area contributed by atoms with E-state index in [1.165, 1.54) is 51.4 Å². The number of furan rings is 2. The number of aryl methyl sites for hydroxylation is 2. The highest BCUT2D eigenvalue weighted by molar-refractivity contribution is 6.08. The lowest BCUT2D eigenvalue weighted by Gasteiger charge is -2.14. The van der Waals surface area contributed by atoms with Gasteiger partial charge in [-0.25, -0.2) is 0 Å². The smallest absolute Gasteiger partial charge is 0.460 e. The van der Waals surface area contributed by atoms with Crippen molar-refractivity contribution in [3.8, 4) is 12.1 Å². The second-order valence-corrected chi connectivity index (χ2v) is 11.0. The van der Waals surface area contributed by atoms with Gasteiger partial charge in [0.15, 0.2) is 11.0 Å². The molecule has 0 fully saturated rings. The third kappa shape index (κ3) is 6.68. The number of rotatable bonds is 14. The van der Waals surface area contributed by atoms with Gasteiger partial charge in [0.2, 0.25) is 5.42 Å². The van der Waals surface area contributed by atoms with Gasteiger partial charge in [0, 0.05) is 10.8 Å². The minimum atomic E-state index is -0.0671. The Morgan fingerprint density at radius 2 is 1.05 bits per heavy atom. The van der Waals surface area contributed by atoms with Crippen molar-refractivity contribution in [2.24, 2.45) is 0 Å². The average molecular weight is 559 g/mol. The van der Waals surface area contributed by atoms with E-state index < -0.39 is 0 Å². The molecule has 2 aromatic heterocycles. The summed E-state index contributed by atoms with van der Waals surface area (Å²) in [5.41, 5.74) is 4.18. The summed E-state index contributed by atoms with van der Waals surface area (Å²) in [5, 5.41) is 23.0. The van der Waals surface area contributed by atoms with Crippen LogP contribution in [0.15, 0.2) is 33.1 Å². The molecule has 0 N–H and O–H groups in total. The molecule has 214 valence electrons. The van der Waals surface area contributed by atoms with Crippen molar-refractivity contribution < 1.29 is 8.83 Å². The van der Waals surface area contributed by atoms with Crippen LogP contribution in [0.25, 0.3) is 53.8 Å². The van der Waals surface area contributed by atoms with E-state index in [-0.39, 0.29) is 11.4 Å². The minimum absolute atomic E-state index is 0.0344. The second kappa shape index (κ2) is 14.9. The maximum atomic E-state index is 9.51. The molecule has 0 atom stereocenters. The van der Waals surface area contributed by atoms with Crippen molar-refractivity contribution in [1.29, 1.82) is 10.5 Å². The molecule has 0 saturated carbocycles. The van der Waals surface area contributed by atoms with Crippen LogP contribution < -0.4 is 10.8 Å². The Morgan fingerprint density at radius 3 is 1.50 bits per heavy atom. The number of hydrogen-bond donors (Lipinski definition) is 0. The lowest BCUT2D eigenvalue weighted by Crippen LogP contribution is -1.98. The van der Waals surface area contributed by atoms with E-state index in [9.17, 15) is 10.5 Å². The Hall–Kier alpha value is -4.52. The first kappa shape index (κ1) is 30.4. The van der Waals surface area contributed by atoms with Crippen LogP contribution >= 0.6 is 0 Å². The van der Waals surface area contributed by atoms with Crippen LogP contribution in [0, 0.1) is 35.8 Å². The van der Waals surface area contributed by atoms with Gasteiger partial charge in [-0.15, -0.1) is 0 Å². The van der Waals surface area contributed by atoms with Gasteiger partial charge in [-0.2, -0.15) is 20.2 Å². The quantitative estimate of drug-likeness (QED) is 0.114. The van der Waals surface area contributed by atoms with E-state index in [2.05, 4.69) is 23.5 Å². The SMILES string of the molecule is [C-]#[N+]C([N+]#[C-])=c1cc2c(CCCCCCCC)c3cc4oc(=C(C#N)C#N)cc4c(CCCCCCCC)c3cc2o1. The largest absolute Gasteiger partial charge is 0.562 e. The second-order valence-electron chi connectivity index (χ2n) is 11.0. The molecule has 0 spiro atoms. The van der Waals surface area contributed by atoms with Crippen molar-refractivity contribution >= 4 is 44.1 Å². The monoisotopic (exact) mass is 558 g/mol. The summed E-state index contributed by atoms with van der Waals surface area (Å²) in [6.45, 7) is 19.3. The predicted molar refractivity (Wildman–Crippen MR) is 168 cm³/mol. The normalized spacial score (nSPS) is 10.9. The zero-order valence-electron chi connectivity index (χ0n) is 24.8. The molecule has 0 aliphatic rings.